The summed E-state index contributed by atoms with van der Waals surface area (Å²) >= 11 is 7.61. The number of benzene rings is 4. The Hall–Kier alpha value is -5.88. The van der Waals surface area contributed by atoms with Gasteiger partial charge in [-0.1, -0.05) is 67.4 Å². The Labute approximate surface area is 479 Å². The molecule has 0 saturated carbocycles. The summed E-state index contributed by atoms with van der Waals surface area (Å²) in [5.74, 6) is -3.08. The lowest BCUT2D eigenvalue weighted by molar-refractivity contribution is -0.134. The number of carbonyl (C=O) groups is 3. The maximum absolute atomic E-state index is 15.2. The number of nitrogens with zero attached hydrogens (tertiary/aromatic N) is 5. The number of amides is 3. The third-order valence-corrected chi connectivity index (χ3v) is 19.8. The van der Waals surface area contributed by atoms with Gasteiger partial charge in [0, 0.05) is 117 Å². The van der Waals surface area contributed by atoms with Crippen LogP contribution in [0.1, 0.15) is 85.5 Å². The molecular formula is C58H65ClF4N8O7S3. The number of thioether (sulfide) groups is 1. The molecule has 0 spiro atoms. The number of pyridine rings is 1. The fourth-order valence-corrected chi connectivity index (χ4v) is 14.0. The van der Waals surface area contributed by atoms with E-state index in [1.54, 1.807) is 24.3 Å². The van der Waals surface area contributed by atoms with Gasteiger partial charge in [-0.05, 0) is 121 Å². The lowest BCUT2D eigenvalue weighted by Gasteiger charge is -2.39. The summed E-state index contributed by atoms with van der Waals surface area (Å²) in [5, 5.41) is 5.97. The van der Waals surface area contributed by atoms with Crippen molar-refractivity contribution in [3.8, 4) is 0 Å². The Kier molecular flexibility index (Phi) is 18.7. The van der Waals surface area contributed by atoms with Crippen molar-refractivity contribution >= 4 is 77.9 Å². The average molecular weight is 1190 g/mol. The maximum Gasteiger partial charge on any atom is 0.501 e. The third kappa shape index (κ3) is 15.0. The predicted molar refractivity (Wildman–Crippen MR) is 306 cm³/mol. The van der Waals surface area contributed by atoms with E-state index >= 15 is 4.39 Å². The van der Waals surface area contributed by atoms with Gasteiger partial charge in [0.1, 0.15) is 4.90 Å². The zero-order valence-corrected chi connectivity index (χ0v) is 48.2. The molecule has 3 amide bonds. The highest BCUT2D eigenvalue weighted by Gasteiger charge is 2.48. The van der Waals surface area contributed by atoms with Gasteiger partial charge in [0.25, 0.3) is 25.8 Å². The molecule has 9 rings (SSSR count). The van der Waals surface area contributed by atoms with Gasteiger partial charge in [-0.25, -0.2) is 26.5 Å². The molecular weight excluding hydrogens is 1130 g/mol. The van der Waals surface area contributed by atoms with Gasteiger partial charge in [0.2, 0.25) is 17.8 Å². The first kappa shape index (κ1) is 59.7. The summed E-state index contributed by atoms with van der Waals surface area (Å²) in [6, 6.07) is 28.5. The Balaban J connectivity index is 0.830. The number of alkyl halides is 3. The first-order valence-corrected chi connectivity index (χ1v) is 31.3. The number of rotatable bonds is 19. The fraction of sp³-hybridized carbons (Fsp3) is 0.414. The fourth-order valence-electron chi connectivity index (χ4n) is 10.8. The number of carbonyl (C=O) groups excluding carboxylic acids is 3. The van der Waals surface area contributed by atoms with E-state index < -0.39 is 70.6 Å². The highest BCUT2D eigenvalue weighted by Crippen LogP contribution is 2.43. The van der Waals surface area contributed by atoms with Crippen molar-refractivity contribution in [1.82, 2.24) is 29.7 Å². The molecule has 3 fully saturated rings. The molecule has 4 aromatic carbocycles. The van der Waals surface area contributed by atoms with Crippen LogP contribution in [-0.2, 0) is 36.0 Å². The number of allylic oxidation sites excluding steroid dienone is 1. The van der Waals surface area contributed by atoms with Crippen LogP contribution in [0, 0.1) is 11.4 Å². The quantitative estimate of drug-likeness (QED) is 0.0308. The summed E-state index contributed by atoms with van der Waals surface area (Å²) in [6.45, 7) is 11.4. The number of nitrogens with one attached hydrogen (secondary N) is 3. The van der Waals surface area contributed by atoms with Crippen LogP contribution in [0.25, 0.3) is 5.57 Å². The standard InChI is InChI=1S/C58H65ClF4N8O7S3/c1-57(2)24-22-48(39-8-13-43(59)14-9-39)42(35-57)37-70-30-32-71(33-31-70)45-15-10-40(11-16-45)55(73)67-81(77,78)47-17-20-51(52(34-47)80(75,76)58(61,62)63)64-44(38-79-46-6-4-3-5-7-46)23-25-68-26-28-69(29-27-68)36-41-12-19-50(65-54(41)60)49-18-21-53(72)66-56(49)74/h3-17,19-20,34,44,49,64H,18,21-33,35-38H2,1-2H3,(H,67,73)(H,66,72,74)/t44-,49?/m1/s1. The lowest BCUT2D eigenvalue weighted by Crippen LogP contribution is -2.47. The largest absolute Gasteiger partial charge is 0.501 e. The Morgan fingerprint density at radius 2 is 1.49 bits per heavy atom. The number of piperidine rings is 1. The van der Waals surface area contributed by atoms with E-state index in [2.05, 4.69) is 56.3 Å². The van der Waals surface area contributed by atoms with Gasteiger partial charge in [-0.15, -0.1) is 11.8 Å². The number of halogens is 5. The van der Waals surface area contributed by atoms with Crippen LogP contribution in [0.4, 0.5) is 28.9 Å². The molecule has 1 aromatic heterocycles. The third-order valence-electron chi connectivity index (χ3n) is 15.5. The SMILES string of the molecule is CC1(C)CCC(c2ccc(Cl)cc2)=C(CN2CCN(c3ccc(C(=O)NS(=O)(=O)c4ccc(N[C@H](CCN5CCN(Cc6ccc(C7CCC(=O)NC7=O)nc6F)CC5)CSc5ccccc5)c(S(=O)(=O)C(F)(F)F)c4)cc3)CC2)C1. The highest BCUT2D eigenvalue weighted by molar-refractivity contribution is 7.99. The summed E-state index contributed by atoms with van der Waals surface area (Å²) in [5.41, 5.74) is -0.675. The first-order valence-electron chi connectivity index (χ1n) is 27.0. The molecule has 1 aliphatic carbocycles. The first-order chi connectivity index (χ1) is 38.5. The van der Waals surface area contributed by atoms with Crippen molar-refractivity contribution in [3.05, 3.63) is 148 Å². The van der Waals surface area contributed by atoms with E-state index in [1.807, 2.05) is 52.1 Å². The number of hydrogen-bond acceptors (Lipinski definition) is 14. The molecule has 4 heterocycles. The van der Waals surface area contributed by atoms with Crippen molar-refractivity contribution < 1.29 is 48.8 Å². The van der Waals surface area contributed by atoms with Crippen LogP contribution in [-0.4, -0.2) is 137 Å². The molecule has 5 aromatic rings. The van der Waals surface area contributed by atoms with Gasteiger partial charge in [0.05, 0.1) is 22.2 Å². The Morgan fingerprint density at radius 3 is 2.16 bits per heavy atom. The topological polar surface area (TPSA) is 181 Å². The van der Waals surface area contributed by atoms with E-state index in [0.29, 0.717) is 68.9 Å². The molecule has 3 N–H and O–H groups in total. The monoisotopic (exact) mass is 1190 g/mol. The number of anilines is 2. The molecule has 3 saturated heterocycles. The molecule has 1 unspecified atom stereocenters. The van der Waals surface area contributed by atoms with Crippen molar-refractivity contribution in [2.75, 3.05) is 81.4 Å². The van der Waals surface area contributed by atoms with Crippen LogP contribution in [0.2, 0.25) is 5.02 Å². The number of aromatic nitrogens is 1. The molecule has 3 aliphatic heterocycles. The van der Waals surface area contributed by atoms with E-state index in [0.717, 1.165) is 61.6 Å². The van der Waals surface area contributed by atoms with Gasteiger partial charge in [0.15, 0.2) is 0 Å². The lowest BCUT2D eigenvalue weighted by atomic mass is 9.73. The minimum Gasteiger partial charge on any atom is -0.380 e. The minimum atomic E-state index is -6.15. The van der Waals surface area contributed by atoms with Crippen LogP contribution in [0.3, 0.4) is 0 Å². The van der Waals surface area contributed by atoms with E-state index in [4.69, 9.17) is 11.6 Å². The van der Waals surface area contributed by atoms with Gasteiger partial charge in [-0.3, -0.25) is 29.5 Å². The summed E-state index contributed by atoms with van der Waals surface area (Å²) in [6.07, 6.45) is 3.82. The van der Waals surface area contributed by atoms with Crippen molar-refractivity contribution in [1.29, 1.82) is 0 Å². The summed E-state index contributed by atoms with van der Waals surface area (Å²) in [4.78, 5) is 49.0. The minimum absolute atomic E-state index is 0.0337. The average Bonchev–Trinajstić information content (AvgIpc) is 3.43. The normalized spacial score (nSPS) is 19.3. The molecule has 0 bridgehead atoms. The predicted octanol–water partition coefficient (Wildman–Crippen LogP) is 9.37. The molecule has 2 atom stereocenters. The Bertz CT molecular complexity index is 3360. The number of piperazine rings is 2. The molecule has 23 heteroatoms. The smallest absolute Gasteiger partial charge is 0.380 e. The van der Waals surface area contributed by atoms with Crippen LogP contribution >= 0.6 is 23.4 Å². The zero-order valence-electron chi connectivity index (χ0n) is 45.0. The summed E-state index contributed by atoms with van der Waals surface area (Å²) < 4.78 is 115. The molecule has 15 nitrogen and oxygen atoms in total. The van der Waals surface area contributed by atoms with Gasteiger partial charge >= 0.3 is 5.51 Å². The molecule has 81 heavy (non-hydrogen) atoms. The van der Waals surface area contributed by atoms with Crippen molar-refractivity contribution in [3.63, 3.8) is 0 Å². The van der Waals surface area contributed by atoms with E-state index in [-0.39, 0.29) is 47.7 Å². The number of hydrogen-bond donors (Lipinski definition) is 3. The second-order valence-electron chi connectivity index (χ2n) is 21.8. The maximum atomic E-state index is 15.2. The highest BCUT2D eigenvalue weighted by atomic mass is 35.5. The summed E-state index contributed by atoms with van der Waals surface area (Å²) in [7, 11) is -11.1. The van der Waals surface area contributed by atoms with Crippen LogP contribution < -0.4 is 20.3 Å². The van der Waals surface area contributed by atoms with Crippen LogP contribution in [0.5, 0.6) is 0 Å². The number of sulfonamides is 1. The van der Waals surface area contributed by atoms with Gasteiger partial charge in [-0.2, -0.15) is 17.6 Å². The number of imide groups is 1. The zero-order chi connectivity index (χ0) is 57.7. The molecule has 4 aliphatic rings. The molecule has 432 valence electrons. The second-order valence-corrected chi connectivity index (χ2v) is 27.0. The van der Waals surface area contributed by atoms with Crippen molar-refractivity contribution in [2.45, 2.75) is 91.1 Å². The molecule has 0 radical (unpaired) electrons. The van der Waals surface area contributed by atoms with E-state index in [1.165, 1.54) is 40.6 Å². The second kappa shape index (κ2) is 25.3. The van der Waals surface area contributed by atoms with E-state index in [9.17, 15) is 44.4 Å². The van der Waals surface area contributed by atoms with Gasteiger partial charge < -0.3 is 15.1 Å². The van der Waals surface area contributed by atoms with Crippen LogP contribution in [0.15, 0.2) is 129 Å². The Morgan fingerprint density at radius 1 is 0.827 bits per heavy atom. The number of sulfone groups is 1. The van der Waals surface area contributed by atoms with Crippen molar-refractivity contribution in [2.24, 2.45) is 5.41 Å².